The van der Waals surface area contributed by atoms with E-state index in [1.165, 1.54) is 0 Å². The van der Waals surface area contributed by atoms with Gasteiger partial charge in [0.1, 0.15) is 0 Å². The van der Waals surface area contributed by atoms with Crippen molar-refractivity contribution in [2.75, 3.05) is 0 Å². The third-order valence-corrected chi connectivity index (χ3v) is 2.52. The van der Waals surface area contributed by atoms with Crippen LogP contribution in [0.1, 0.15) is 10.4 Å². The third kappa shape index (κ3) is 0.727. The number of ketones is 1. The van der Waals surface area contributed by atoms with Crippen molar-refractivity contribution in [3.63, 3.8) is 0 Å². The molecular weight excluding hydrogens is 144 g/mol. The molecule has 0 unspecified atom stereocenters. The van der Waals surface area contributed by atoms with Gasteiger partial charge in [0.15, 0.2) is 5.78 Å². The van der Waals surface area contributed by atoms with Gasteiger partial charge in [-0.2, -0.15) is 11.4 Å². The lowest BCUT2D eigenvalue weighted by Gasteiger charge is -1.91. The highest BCUT2D eigenvalue weighted by Gasteiger charge is 2.10. The number of thiol groups is 1. The number of benzene rings is 1. The zero-order valence-electron chi connectivity index (χ0n) is 5.24. The molecule has 0 aromatic heterocycles. The number of carbonyl (C=O) groups is 1. The van der Waals surface area contributed by atoms with E-state index in [0.717, 1.165) is 21.8 Å². The van der Waals surface area contributed by atoms with Gasteiger partial charge in [-0.05, 0) is 12.1 Å². The van der Waals surface area contributed by atoms with Gasteiger partial charge in [-0.25, -0.2) is 0 Å². The molecule has 0 saturated heterocycles. The lowest BCUT2D eigenvalue weighted by molar-refractivity contribution is 0.107. The summed E-state index contributed by atoms with van der Waals surface area (Å²) in [6.07, 6.45) is 0. The van der Waals surface area contributed by atoms with E-state index in [9.17, 15) is 4.79 Å². The van der Waals surface area contributed by atoms with E-state index in [1.54, 1.807) is 5.37 Å². The number of Topliss-reactive ketones (excluding diaryl/α,β-unsaturated/α-hetero) is 1. The van der Waals surface area contributed by atoms with E-state index in [1.807, 2.05) is 24.3 Å². The van der Waals surface area contributed by atoms with Gasteiger partial charge in [0.2, 0.25) is 0 Å². The lowest BCUT2D eigenvalue weighted by Crippen LogP contribution is -1.93. The second kappa shape index (κ2) is 2.06. The Morgan fingerprint density at radius 3 is 2.80 bits per heavy atom. The number of hydrogen-bond acceptors (Lipinski definition) is 1. The van der Waals surface area contributed by atoms with Crippen molar-refractivity contribution in [1.29, 1.82) is 0 Å². The standard InChI is InChI=1S/C8H6OS/c9-7-5-10-8-4-2-1-3-6(7)8/h1-5,10H. The predicted molar refractivity (Wildman–Crippen MR) is 44.1 cm³/mol. The second-order valence-electron chi connectivity index (χ2n) is 2.14. The second-order valence-corrected chi connectivity index (χ2v) is 3.14. The lowest BCUT2D eigenvalue weighted by atomic mass is 10.2. The molecule has 50 valence electrons. The van der Waals surface area contributed by atoms with Gasteiger partial charge in [0, 0.05) is 15.8 Å². The van der Waals surface area contributed by atoms with Gasteiger partial charge in [-0.3, -0.25) is 4.79 Å². The first-order valence-electron chi connectivity index (χ1n) is 3.05. The maximum Gasteiger partial charge on any atom is 0.192 e. The smallest absolute Gasteiger partial charge is 0.192 e. The first-order valence-corrected chi connectivity index (χ1v) is 4.02. The fraction of sp³-hybridized carbons (Fsp3) is 0. The minimum atomic E-state index is 0.164. The quantitative estimate of drug-likeness (QED) is 0.438. The molecule has 1 heterocycles. The number of rotatable bonds is 0. The Morgan fingerprint density at radius 2 is 2.00 bits per heavy atom. The van der Waals surface area contributed by atoms with E-state index < -0.39 is 0 Å². The van der Waals surface area contributed by atoms with Gasteiger partial charge in [-0.15, -0.1) is 0 Å². The summed E-state index contributed by atoms with van der Waals surface area (Å²) in [5.74, 6) is 0.164. The van der Waals surface area contributed by atoms with Crippen LogP contribution in [0.5, 0.6) is 0 Å². The number of hydrogen-bond donors (Lipinski definition) is 1. The van der Waals surface area contributed by atoms with Crippen LogP contribution >= 0.6 is 11.4 Å². The van der Waals surface area contributed by atoms with Crippen molar-refractivity contribution in [2.45, 2.75) is 4.90 Å². The summed E-state index contributed by atoms with van der Waals surface area (Å²) < 4.78 is 0. The molecule has 0 bridgehead atoms. The van der Waals surface area contributed by atoms with Crippen LogP contribution in [0, 0.1) is 0 Å². The normalized spacial score (nSPS) is 14.6. The van der Waals surface area contributed by atoms with E-state index in [4.69, 9.17) is 0 Å². The molecule has 1 aromatic rings. The highest BCUT2D eigenvalue weighted by Crippen LogP contribution is 2.21. The molecule has 2 heteroatoms. The topological polar surface area (TPSA) is 17.1 Å². The molecule has 0 spiro atoms. The average Bonchev–Trinajstić information content (AvgIpc) is 2.34. The molecule has 0 saturated carbocycles. The fourth-order valence-electron chi connectivity index (χ4n) is 0.992. The molecule has 0 atom stereocenters. The van der Waals surface area contributed by atoms with Crippen LogP contribution in [0.25, 0.3) is 0 Å². The molecule has 0 aliphatic carbocycles. The molecule has 0 fully saturated rings. The number of fused-ring (bicyclic) bond motifs is 1. The van der Waals surface area contributed by atoms with Crippen LogP contribution in [-0.2, 0) is 0 Å². The zero-order chi connectivity index (χ0) is 6.97. The Hall–Kier alpha value is -0.890. The molecule has 0 N–H and O–H groups in total. The maximum absolute atomic E-state index is 11.0. The largest absolute Gasteiger partial charge is 0.289 e. The van der Waals surface area contributed by atoms with Gasteiger partial charge < -0.3 is 0 Å². The molecule has 0 amide bonds. The summed E-state index contributed by atoms with van der Waals surface area (Å²) in [5, 5.41) is 1.70. The first kappa shape index (κ1) is 5.86. The number of carbonyl (C=O) groups excluding carboxylic acids is 1. The Morgan fingerprint density at radius 1 is 1.20 bits per heavy atom. The minimum absolute atomic E-state index is 0.164. The molecule has 1 aliphatic rings. The summed E-state index contributed by atoms with van der Waals surface area (Å²) in [6.45, 7) is 0. The van der Waals surface area contributed by atoms with Crippen LogP contribution in [0.15, 0.2) is 29.2 Å². The highest BCUT2D eigenvalue weighted by atomic mass is 32.1. The third-order valence-electron chi connectivity index (χ3n) is 1.49. The highest BCUT2D eigenvalue weighted by molar-refractivity contribution is 7.99. The maximum atomic E-state index is 11.0. The summed E-state index contributed by atoms with van der Waals surface area (Å²) in [7, 11) is 0. The van der Waals surface area contributed by atoms with Crippen LogP contribution in [-0.4, -0.2) is 11.2 Å². The molecule has 10 heavy (non-hydrogen) atoms. The van der Waals surface area contributed by atoms with Gasteiger partial charge in [0.25, 0.3) is 0 Å². The molecule has 1 aliphatic heterocycles. The van der Waals surface area contributed by atoms with Gasteiger partial charge in [-0.1, -0.05) is 12.1 Å². The fourth-order valence-corrected chi connectivity index (χ4v) is 1.88. The average molecular weight is 150 g/mol. The van der Waals surface area contributed by atoms with Gasteiger partial charge in [0.05, 0.1) is 0 Å². The summed E-state index contributed by atoms with van der Waals surface area (Å²) in [4.78, 5) is 12.1. The van der Waals surface area contributed by atoms with Crippen LogP contribution in [0.3, 0.4) is 0 Å². The van der Waals surface area contributed by atoms with E-state index >= 15 is 0 Å². The van der Waals surface area contributed by atoms with Crippen molar-refractivity contribution >= 4 is 22.5 Å². The van der Waals surface area contributed by atoms with Crippen molar-refractivity contribution < 1.29 is 4.79 Å². The zero-order valence-corrected chi connectivity index (χ0v) is 6.14. The van der Waals surface area contributed by atoms with Crippen LogP contribution < -0.4 is 0 Å². The van der Waals surface area contributed by atoms with Crippen molar-refractivity contribution in [2.24, 2.45) is 0 Å². The van der Waals surface area contributed by atoms with Crippen molar-refractivity contribution in [3.8, 4) is 0 Å². The molecule has 0 radical (unpaired) electrons. The predicted octanol–water partition coefficient (Wildman–Crippen LogP) is 1.51. The first-order chi connectivity index (χ1) is 4.88. The van der Waals surface area contributed by atoms with E-state index in [2.05, 4.69) is 0 Å². The Bertz CT molecular complexity index is 315. The molecule has 2 rings (SSSR count). The van der Waals surface area contributed by atoms with Gasteiger partial charge >= 0.3 is 0 Å². The Labute approximate surface area is 62.6 Å². The minimum Gasteiger partial charge on any atom is -0.289 e. The van der Waals surface area contributed by atoms with Crippen molar-refractivity contribution in [3.05, 3.63) is 29.8 Å². The van der Waals surface area contributed by atoms with Crippen LogP contribution in [0.2, 0.25) is 0 Å². The summed E-state index contributed by atoms with van der Waals surface area (Å²) in [6, 6.07) is 7.70. The summed E-state index contributed by atoms with van der Waals surface area (Å²) in [5.41, 5.74) is 0.865. The van der Waals surface area contributed by atoms with E-state index in [-0.39, 0.29) is 5.78 Å². The van der Waals surface area contributed by atoms with Crippen molar-refractivity contribution in [1.82, 2.24) is 0 Å². The van der Waals surface area contributed by atoms with Crippen LogP contribution in [0.4, 0.5) is 0 Å². The molecule has 1 nitrogen and oxygen atoms in total. The molecule has 1 aromatic carbocycles. The van der Waals surface area contributed by atoms with E-state index in [0.29, 0.717) is 0 Å². The monoisotopic (exact) mass is 150 g/mol. The Kier molecular flexibility index (Phi) is 1.21. The summed E-state index contributed by atoms with van der Waals surface area (Å²) >= 11 is 1.04. The Balaban J connectivity index is 2.70. The SMILES string of the molecule is O=C1C=[SH]c2ccccc21. The molecular formula is C8H6OS.